The molecule has 0 fully saturated rings. The Labute approximate surface area is 850 Å². The minimum atomic E-state index is -0.503. The number of aromatic nitrogens is 8. The first kappa shape index (κ1) is 101. The van der Waals surface area contributed by atoms with Crippen LogP contribution in [0.4, 0.5) is 0 Å². The molecule has 13 aromatic rings. The van der Waals surface area contributed by atoms with Crippen LogP contribution in [0.25, 0.3) is 160 Å². The Hall–Kier alpha value is -12.2. The second-order valence-corrected chi connectivity index (χ2v) is 54.2. The van der Waals surface area contributed by atoms with Gasteiger partial charge in [0.1, 0.15) is 0 Å². The smallest absolute Gasteiger partial charge is 0.247 e. The summed E-state index contributed by atoms with van der Waals surface area (Å²) in [4.78, 5) is 41.9. The molecule has 0 aliphatic carbocycles. The van der Waals surface area contributed by atoms with Gasteiger partial charge in [-0.25, -0.2) is 19.9 Å². The number of rotatable bonds is 9. The van der Waals surface area contributed by atoms with Crippen LogP contribution < -0.4 is 16.4 Å². The van der Waals surface area contributed by atoms with Crippen LogP contribution in [0.1, 0.15) is 378 Å². The molecule has 732 valence electrons. The molecule has 16 bridgehead atoms. The highest BCUT2D eigenvalue weighted by Gasteiger charge is 2.37. The van der Waals surface area contributed by atoms with Crippen LogP contribution in [0.2, 0.25) is 0 Å². The molecular formula is C133H157BN8. The van der Waals surface area contributed by atoms with E-state index < -0.39 is 6.71 Å². The van der Waals surface area contributed by atoms with Crippen molar-refractivity contribution in [2.45, 2.75) is 335 Å². The van der Waals surface area contributed by atoms with Gasteiger partial charge in [0.15, 0.2) is 0 Å². The van der Waals surface area contributed by atoms with Crippen molar-refractivity contribution >= 4 is 116 Å². The van der Waals surface area contributed by atoms with Gasteiger partial charge in [-0.1, -0.05) is 393 Å². The lowest BCUT2D eigenvalue weighted by Gasteiger charge is -2.26. The van der Waals surface area contributed by atoms with Gasteiger partial charge < -0.3 is 19.9 Å². The summed E-state index contributed by atoms with van der Waals surface area (Å²) in [5.74, 6) is 0. The molecule has 0 atom stereocenters. The summed E-state index contributed by atoms with van der Waals surface area (Å²) in [6, 6.07) is 67.7. The maximum atomic E-state index is 6.23. The monoisotopic (exact) mass is 1880 g/mol. The van der Waals surface area contributed by atoms with E-state index in [-0.39, 0.29) is 65.0 Å². The SMILES string of the molecule is Cc1cc(C)c(B(c2cc3[nH]c2cc2nc(c(-c4cc(C(C)(C)C)cc(C(C)(C)C)c4)c4ccc([nH]4)c(-c4cc(C(C)(C)C)cc(C(C)(C)C)c4)c4nc(c3-c3cc(C(C)(C)C)cc(C(C)(C)C)c3)C=C4)C=C2)c2cc3[nH]c2cc2nc(c(-c4cc(C(C)(C)C)cc(C(C)(C)C)c4)c4ccc([nH]4)c(-c4cc(C(C)(C)C)cc(C(C)(C)C)c4)c4nc(c3-c3cc(C(C)(C)C)cc(C(C)(C)C)c3)C=C4)C=C2)c(C)c1. The van der Waals surface area contributed by atoms with Gasteiger partial charge in [0.25, 0.3) is 0 Å². The lowest BCUT2D eigenvalue weighted by molar-refractivity contribution is 0.568. The van der Waals surface area contributed by atoms with E-state index in [0.717, 1.165) is 167 Å². The van der Waals surface area contributed by atoms with Crippen LogP contribution in [0.3, 0.4) is 0 Å². The molecule has 4 aliphatic rings. The van der Waals surface area contributed by atoms with Gasteiger partial charge in [-0.2, -0.15) is 0 Å². The number of hydrogen-bond donors (Lipinski definition) is 4. The topological polar surface area (TPSA) is 115 Å². The average molecular weight is 1880 g/mol. The van der Waals surface area contributed by atoms with Crippen LogP contribution in [0, 0.1) is 20.8 Å². The van der Waals surface area contributed by atoms with Crippen molar-refractivity contribution < 1.29 is 0 Å². The number of H-pyrrole nitrogens is 4. The first-order chi connectivity index (χ1) is 65.6. The largest absolute Gasteiger partial charge is 0.355 e. The summed E-state index contributed by atoms with van der Waals surface area (Å²) in [6.07, 6.45) is 18.2. The molecule has 9 heteroatoms. The van der Waals surface area contributed by atoms with Gasteiger partial charge in [0.05, 0.1) is 45.6 Å². The van der Waals surface area contributed by atoms with Crippen LogP contribution in [0.5, 0.6) is 0 Å². The van der Waals surface area contributed by atoms with Crippen molar-refractivity contribution in [2.75, 3.05) is 0 Å². The molecule has 0 spiro atoms. The van der Waals surface area contributed by atoms with Crippen molar-refractivity contribution in [2.24, 2.45) is 0 Å². The Morgan fingerprint density at radius 3 is 0.556 bits per heavy atom. The number of fused-ring (bicyclic) bond motifs is 16. The predicted molar refractivity (Wildman–Crippen MR) is 620 cm³/mol. The Kier molecular flexibility index (Phi) is 25.0. The zero-order chi connectivity index (χ0) is 103. The number of nitrogens with one attached hydrogen (secondary N) is 4. The Morgan fingerprint density at radius 2 is 0.359 bits per heavy atom. The second-order valence-electron chi connectivity index (χ2n) is 54.2. The van der Waals surface area contributed by atoms with Crippen LogP contribution >= 0.6 is 0 Å². The Balaban J connectivity index is 1.12. The van der Waals surface area contributed by atoms with Gasteiger partial charge in [-0.15, -0.1) is 0 Å². The zero-order valence-corrected chi connectivity index (χ0v) is 93.2. The third-order valence-corrected chi connectivity index (χ3v) is 29.8. The van der Waals surface area contributed by atoms with Crippen LogP contribution in [0.15, 0.2) is 170 Å². The van der Waals surface area contributed by atoms with Gasteiger partial charge >= 0.3 is 0 Å². The van der Waals surface area contributed by atoms with Crippen molar-refractivity contribution in [3.05, 3.63) is 299 Å². The van der Waals surface area contributed by atoms with Gasteiger partial charge in [0.2, 0.25) is 6.71 Å². The number of aromatic amines is 4. The van der Waals surface area contributed by atoms with Crippen LogP contribution in [-0.4, -0.2) is 46.6 Å². The number of aryl methyl sites for hydroxylation is 3. The highest BCUT2D eigenvalue weighted by molar-refractivity contribution is 6.98. The lowest BCUT2D eigenvalue weighted by Crippen LogP contribution is -2.53. The molecule has 4 N–H and O–H groups in total. The van der Waals surface area contributed by atoms with E-state index in [0.29, 0.717) is 0 Å². The van der Waals surface area contributed by atoms with Gasteiger partial charge in [-0.05, 0) is 294 Å². The predicted octanol–water partition coefficient (Wildman–Crippen LogP) is 34.6. The summed E-state index contributed by atoms with van der Waals surface area (Å²) >= 11 is 0. The summed E-state index contributed by atoms with van der Waals surface area (Å²) in [6.45, 7) is 90.8. The molecule has 142 heavy (non-hydrogen) atoms. The van der Waals surface area contributed by atoms with Crippen molar-refractivity contribution in [3.8, 4) is 66.8 Å². The highest BCUT2D eigenvalue weighted by atomic mass is 14.8. The average Bonchev–Trinajstić information content (AvgIpc) is 1.58. The maximum Gasteiger partial charge on any atom is 0.247 e. The van der Waals surface area contributed by atoms with E-state index in [9.17, 15) is 0 Å². The molecule has 8 nitrogen and oxygen atoms in total. The molecule has 0 unspecified atom stereocenters. The first-order valence-corrected chi connectivity index (χ1v) is 52.0. The highest BCUT2D eigenvalue weighted by Crippen LogP contribution is 2.49. The van der Waals surface area contributed by atoms with E-state index in [1.807, 2.05) is 0 Å². The lowest BCUT2D eigenvalue weighted by atomic mass is 9.35. The summed E-state index contributed by atoms with van der Waals surface area (Å²) in [7, 11) is 0. The number of nitrogens with zero attached hydrogens (tertiary/aromatic N) is 4. The van der Waals surface area contributed by atoms with E-state index >= 15 is 0 Å². The molecule has 17 rings (SSSR count). The fourth-order valence-corrected chi connectivity index (χ4v) is 20.7. The molecule has 7 aromatic carbocycles. The fourth-order valence-electron chi connectivity index (χ4n) is 20.7. The van der Waals surface area contributed by atoms with Gasteiger partial charge in [0, 0.05) is 77.5 Å². The molecular weight excluding hydrogens is 1720 g/mol. The third kappa shape index (κ3) is 20.3. The fraction of sp³-hybridized carbons (Fsp3) is 0.383. The first-order valence-electron chi connectivity index (χ1n) is 52.0. The van der Waals surface area contributed by atoms with Crippen LogP contribution in [-0.2, 0) is 65.0 Å². The second kappa shape index (κ2) is 35.1. The van der Waals surface area contributed by atoms with E-state index in [1.165, 1.54) is 88.9 Å². The molecule has 4 aliphatic heterocycles. The maximum absolute atomic E-state index is 6.23. The summed E-state index contributed by atoms with van der Waals surface area (Å²) < 4.78 is 0. The minimum Gasteiger partial charge on any atom is -0.355 e. The molecule has 0 saturated heterocycles. The third-order valence-electron chi connectivity index (χ3n) is 29.8. The molecule has 0 radical (unpaired) electrons. The Morgan fingerprint density at radius 1 is 0.183 bits per heavy atom. The standard InChI is InChI=1S/C133H157BN8/c1-76-52-77(2)121(78(3)53-76)134(99-74-113-119(83-62-93(130(28,29)30)70-94(63-83)131(31,32)33)109-50-48-107(139-109)117(81-58-89(126(16,17)18)68-90(59-81)127(19,20)21)105-46-44-103(137-105)115(101-42-40-97(135-101)72-111(99)141-113)79-54-85(122(4,5)6)66-86(55-79)123(7,8)9)100-75-114-120(84-64-95(132(34,35)36)71-96(65-84)133(37,38)39)110-51-49-108(140-110)118(82-60-91(128(22,23)24)69-92(61-82)129(25,26)27)106-47-45-104(138-106)116(102-43-41-98(136-102)73-112(100)142-114)80-56-87(124(10,11)12)67-88(57-80)125(13,14)15/h40-75,137-138,141-142H,1-39H3. The molecule has 6 aromatic heterocycles. The van der Waals surface area contributed by atoms with E-state index in [1.54, 1.807) is 0 Å². The molecule has 0 saturated carbocycles. The number of benzene rings is 7. The zero-order valence-electron chi connectivity index (χ0n) is 93.2. The normalized spacial score (nSPS) is 13.8. The van der Waals surface area contributed by atoms with E-state index in [2.05, 4.69) is 508 Å². The molecule has 10 heterocycles. The van der Waals surface area contributed by atoms with Gasteiger partial charge in [-0.3, -0.25) is 0 Å². The van der Waals surface area contributed by atoms with Crippen molar-refractivity contribution in [1.82, 2.24) is 39.9 Å². The van der Waals surface area contributed by atoms with E-state index in [4.69, 9.17) is 19.9 Å². The summed E-state index contributed by atoms with van der Waals surface area (Å²) in [5, 5.41) is 0. The number of hydrogen-bond acceptors (Lipinski definition) is 4. The molecule has 0 amide bonds. The van der Waals surface area contributed by atoms with Crippen molar-refractivity contribution in [1.29, 1.82) is 0 Å². The summed E-state index contributed by atoms with van der Waals surface area (Å²) in [5.41, 5.74) is 46.5. The Bertz CT molecular complexity index is 7170. The minimum absolute atomic E-state index is 0.182. The van der Waals surface area contributed by atoms with Crippen molar-refractivity contribution in [3.63, 3.8) is 0 Å². The quantitative estimate of drug-likeness (QED) is 0.108.